The molecule has 0 aliphatic carbocycles. The van der Waals surface area contributed by atoms with Gasteiger partial charge in [-0.05, 0) is 35.7 Å². The fourth-order valence-electron chi connectivity index (χ4n) is 2.18. The first-order valence-electron chi connectivity index (χ1n) is 7.14. The first kappa shape index (κ1) is 16.4. The van der Waals surface area contributed by atoms with Crippen LogP contribution in [0.25, 0.3) is 0 Å². The second kappa shape index (κ2) is 7.31. The van der Waals surface area contributed by atoms with E-state index in [0.29, 0.717) is 23.1 Å². The van der Waals surface area contributed by atoms with Crippen molar-refractivity contribution in [1.82, 2.24) is 5.43 Å². The van der Waals surface area contributed by atoms with Crippen molar-refractivity contribution < 1.29 is 20.1 Å². The Labute approximate surface area is 133 Å². The van der Waals surface area contributed by atoms with Crippen LogP contribution < -0.4 is 5.43 Å². The molecule has 0 aliphatic rings. The van der Waals surface area contributed by atoms with Crippen LogP contribution in [0.2, 0.25) is 0 Å². The molecule has 0 spiro atoms. The number of benzene rings is 2. The minimum Gasteiger partial charge on any atom is -0.508 e. The Morgan fingerprint density at radius 2 is 1.96 bits per heavy atom. The highest BCUT2D eigenvalue weighted by Gasteiger charge is 2.08. The molecule has 0 aromatic heterocycles. The summed E-state index contributed by atoms with van der Waals surface area (Å²) >= 11 is 0. The number of aryl methyl sites for hydroxylation is 1. The van der Waals surface area contributed by atoms with Gasteiger partial charge < -0.3 is 15.3 Å². The van der Waals surface area contributed by atoms with Gasteiger partial charge in [0, 0.05) is 11.6 Å². The van der Waals surface area contributed by atoms with Gasteiger partial charge in [0.15, 0.2) is 0 Å². The van der Waals surface area contributed by atoms with E-state index in [-0.39, 0.29) is 29.6 Å². The van der Waals surface area contributed by atoms with Crippen LogP contribution in [-0.2, 0) is 17.6 Å². The monoisotopic (exact) mass is 314 g/mol. The molecule has 2 aromatic carbocycles. The molecule has 0 saturated heterocycles. The van der Waals surface area contributed by atoms with Crippen LogP contribution in [0.3, 0.4) is 0 Å². The van der Waals surface area contributed by atoms with Gasteiger partial charge in [0.1, 0.15) is 17.2 Å². The smallest absolute Gasteiger partial charge is 0.244 e. The van der Waals surface area contributed by atoms with Crippen molar-refractivity contribution in [2.24, 2.45) is 5.10 Å². The highest BCUT2D eigenvalue weighted by atomic mass is 16.3. The number of carbonyl (C=O) groups excluding carboxylic acids is 1. The van der Waals surface area contributed by atoms with Crippen molar-refractivity contribution in [2.45, 2.75) is 19.8 Å². The summed E-state index contributed by atoms with van der Waals surface area (Å²) in [5.74, 6) is -0.374. The summed E-state index contributed by atoms with van der Waals surface area (Å²) in [6.07, 6.45) is 2.02. The number of phenolic OH excluding ortho intramolecular Hbond substituents is 3. The number of hydrogen-bond donors (Lipinski definition) is 4. The molecule has 23 heavy (non-hydrogen) atoms. The van der Waals surface area contributed by atoms with E-state index in [2.05, 4.69) is 10.5 Å². The van der Waals surface area contributed by atoms with Gasteiger partial charge in [-0.25, -0.2) is 5.43 Å². The third kappa shape index (κ3) is 4.47. The van der Waals surface area contributed by atoms with Crippen LogP contribution in [0, 0.1) is 0 Å². The van der Waals surface area contributed by atoms with Gasteiger partial charge in [0.2, 0.25) is 5.91 Å². The van der Waals surface area contributed by atoms with Gasteiger partial charge >= 0.3 is 0 Å². The summed E-state index contributed by atoms with van der Waals surface area (Å²) in [5, 5.41) is 32.5. The molecule has 2 aromatic rings. The number of nitrogens with one attached hydrogen (secondary N) is 1. The van der Waals surface area contributed by atoms with E-state index < -0.39 is 0 Å². The van der Waals surface area contributed by atoms with E-state index in [0.717, 1.165) is 0 Å². The fraction of sp³-hybridized carbons (Fsp3) is 0.176. The Morgan fingerprint density at radius 1 is 1.17 bits per heavy atom. The van der Waals surface area contributed by atoms with Crippen molar-refractivity contribution in [3.8, 4) is 17.2 Å². The van der Waals surface area contributed by atoms with Crippen molar-refractivity contribution in [1.29, 1.82) is 0 Å². The SMILES string of the molecule is CCc1cc(O)cc(O)c1/C=N/NC(=O)Cc1cccc(O)c1. The first-order chi connectivity index (χ1) is 11.0. The molecule has 0 saturated carbocycles. The Bertz CT molecular complexity index is 741. The van der Waals surface area contributed by atoms with Crippen molar-refractivity contribution in [3.63, 3.8) is 0 Å². The lowest BCUT2D eigenvalue weighted by atomic mass is 10.0. The summed E-state index contributed by atoms with van der Waals surface area (Å²) in [7, 11) is 0. The predicted molar refractivity (Wildman–Crippen MR) is 86.7 cm³/mol. The van der Waals surface area contributed by atoms with E-state index in [1.807, 2.05) is 6.92 Å². The number of aromatic hydroxyl groups is 3. The van der Waals surface area contributed by atoms with E-state index >= 15 is 0 Å². The average molecular weight is 314 g/mol. The third-order valence-corrected chi connectivity index (χ3v) is 3.27. The Hall–Kier alpha value is -3.02. The van der Waals surface area contributed by atoms with Gasteiger partial charge in [0.25, 0.3) is 0 Å². The first-order valence-corrected chi connectivity index (χ1v) is 7.14. The van der Waals surface area contributed by atoms with E-state index in [1.54, 1.807) is 12.1 Å². The van der Waals surface area contributed by atoms with Crippen LogP contribution >= 0.6 is 0 Å². The summed E-state index contributed by atoms with van der Waals surface area (Å²) in [6, 6.07) is 9.17. The van der Waals surface area contributed by atoms with Gasteiger partial charge in [-0.15, -0.1) is 0 Å². The topological polar surface area (TPSA) is 102 Å². The van der Waals surface area contributed by atoms with Gasteiger partial charge in [-0.3, -0.25) is 4.79 Å². The molecular formula is C17H18N2O4. The van der Waals surface area contributed by atoms with Gasteiger partial charge in [-0.2, -0.15) is 5.10 Å². The molecule has 2 rings (SSSR count). The minimum absolute atomic E-state index is 0.0237. The zero-order valence-corrected chi connectivity index (χ0v) is 12.7. The number of hydrogen-bond acceptors (Lipinski definition) is 5. The molecule has 120 valence electrons. The molecule has 0 fully saturated rings. The number of hydrazone groups is 1. The zero-order valence-electron chi connectivity index (χ0n) is 12.7. The van der Waals surface area contributed by atoms with Crippen LogP contribution in [0.1, 0.15) is 23.6 Å². The lowest BCUT2D eigenvalue weighted by Gasteiger charge is -2.07. The third-order valence-electron chi connectivity index (χ3n) is 3.27. The molecular weight excluding hydrogens is 296 g/mol. The summed E-state index contributed by atoms with van der Waals surface area (Å²) < 4.78 is 0. The highest BCUT2D eigenvalue weighted by molar-refractivity contribution is 5.87. The second-order valence-electron chi connectivity index (χ2n) is 5.03. The molecule has 0 radical (unpaired) electrons. The van der Waals surface area contributed by atoms with Crippen LogP contribution in [0.15, 0.2) is 41.5 Å². The maximum atomic E-state index is 11.8. The Balaban J connectivity index is 2.03. The summed E-state index contributed by atoms with van der Waals surface area (Å²) in [5.41, 5.74) is 4.20. The summed E-state index contributed by atoms with van der Waals surface area (Å²) in [4.78, 5) is 11.8. The highest BCUT2D eigenvalue weighted by Crippen LogP contribution is 2.26. The number of amides is 1. The molecule has 0 aliphatic heterocycles. The summed E-state index contributed by atoms with van der Waals surface area (Å²) in [6.45, 7) is 1.88. The second-order valence-corrected chi connectivity index (χ2v) is 5.03. The van der Waals surface area contributed by atoms with E-state index in [1.165, 1.54) is 30.5 Å². The van der Waals surface area contributed by atoms with Gasteiger partial charge in [-0.1, -0.05) is 19.1 Å². The average Bonchev–Trinajstić information content (AvgIpc) is 2.49. The maximum absolute atomic E-state index is 11.8. The molecule has 0 atom stereocenters. The predicted octanol–water partition coefficient (Wildman–Crippen LogP) is 2.06. The number of nitrogens with zero attached hydrogens (tertiary/aromatic N) is 1. The van der Waals surface area contributed by atoms with Gasteiger partial charge in [0.05, 0.1) is 12.6 Å². The van der Waals surface area contributed by atoms with Crippen molar-refractivity contribution >= 4 is 12.1 Å². The Kier molecular flexibility index (Phi) is 5.19. The van der Waals surface area contributed by atoms with Crippen LogP contribution in [0.4, 0.5) is 0 Å². The normalized spacial score (nSPS) is 10.8. The lowest BCUT2D eigenvalue weighted by Crippen LogP contribution is -2.19. The fourth-order valence-corrected chi connectivity index (χ4v) is 2.18. The zero-order chi connectivity index (χ0) is 16.8. The molecule has 4 N–H and O–H groups in total. The minimum atomic E-state index is -0.344. The Morgan fingerprint density at radius 3 is 2.65 bits per heavy atom. The molecule has 1 amide bonds. The van der Waals surface area contributed by atoms with Crippen LogP contribution in [0.5, 0.6) is 17.2 Å². The van der Waals surface area contributed by atoms with E-state index in [4.69, 9.17) is 0 Å². The number of carbonyl (C=O) groups is 1. The lowest BCUT2D eigenvalue weighted by molar-refractivity contribution is -0.120. The van der Waals surface area contributed by atoms with Crippen molar-refractivity contribution in [3.05, 3.63) is 53.1 Å². The molecule has 6 nitrogen and oxygen atoms in total. The maximum Gasteiger partial charge on any atom is 0.244 e. The van der Waals surface area contributed by atoms with Crippen LogP contribution in [-0.4, -0.2) is 27.4 Å². The standard InChI is InChI=1S/C17H18N2O4/c1-2-12-8-14(21)9-16(22)15(12)10-18-19-17(23)7-11-4-3-5-13(20)6-11/h3-6,8-10,20-22H,2,7H2,1H3,(H,19,23)/b18-10+. The largest absolute Gasteiger partial charge is 0.508 e. The van der Waals surface area contributed by atoms with Crippen molar-refractivity contribution in [2.75, 3.05) is 0 Å². The number of phenols is 3. The molecule has 0 heterocycles. The molecule has 6 heteroatoms. The van der Waals surface area contributed by atoms with E-state index in [9.17, 15) is 20.1 Å². The molecule has 0 unspecified atom stereocenters. The quantitative estimate of drug-likeness (QED) is 0.501. The molecule has 0 bridgehead atoms. The number of rotatable bonds is 5.